The molecular weight excluding hydrogens is 444 g/mol. The van der Waals surface area contributed by atoms with Gasteiger partial charge in [0.1, 0.15) is 11.6 Å². The number of carbonyl (C=O) groups excluding carboxylic acids is 3. The number of ether oxygens (including phenoxy) is 2. The van der Waals surface area contributed by atoms with Crippen molar-refractivity contribution in [3.05, 3.63) is 16.0 Å². The van der Waals surface area contributed by atoms with Crippen LogP contribution in [0, 0.1) is 6.92 Å². The fourth-order valence-electron chi connectivity index (χ4n) is 2.00. The van der Waals surface area contributed by atoms with Gasteiger partial charge in [-0.1, -0.05) is 34.9 Å². The predicted octanol–water partition coefficient (Wildman–Crippen LogP) is 2.26. The molecule has 0 radical (unpaired) electrons. The van der Waals surface area contributed by atoms with Gasteiger partial charge in [-0.15, -0.1) is 21.5 Å². The third-order valence-electron chi connectivity index (χ3n) is 3.24. The van der Waals surface area contributed by atoms with Crippen LogP contribution in [0.4, 0.5) is 5.00 Å². The molecule has 2 heterocycles. The van der Waals surface area contributed by atoms with E-state index >= 15 is 0 Å². The van der Waals surface area contributed by atoms with Crippen LogP contribution < -0.4 is 11.1 Å². The van der Waals surface area contributed by atoms with Gasteiger partial charge in [-0.2, -0.15) is 0 Å². The lowest BCUT2D eigenvalue weighted by Gasteiger charge is -2.07. The van der Waals surface area contributed by atoms with Gasteiger partial charge in [-0.05, 0) is 18.7 Å². The van der Waals surface area contributed by atoms with E-state index in [4.69, 9.17) is 15.2 Å². The molecule has 2 rings (SSSR count). The Morgan fingerprint density at radius 1 is 1.18 bits per heavy atom. The number of hydrogen-bond donors (Lipinski definition) is 2. The zero-order valence-corrected chi connectivity index (χ0v) is 18.5. The average molecular weight is 463 g/mol. The van der Waals surface area contributed by atoms with E-state index in [-0.39, 0.29) is 40.3 Å². The lowest BCUT2D eigenvalue weighted by atomic mass is 10.1. The molecule has 2 amide bonds. The van der Waals surface area contributed by atoms with Gasteiger partial charge in [0.25, 0.3) is 5.91 Å². The second-order valence-corrected chi connectivity index (χ2v) is 9.40. The zero-order valence-electron chi connectivity index (χ0n) is 15.3. The molecule has 0 aliphatic carbocycles. The van der Waals surface area contributed by atoms with E-state index in [2.05, 4.69) is 15.5 Å². The fraction of sp³-hybridized carbons (Fsp3) is 0.400. The van der Waals surface area contributed by atoms with Gasteiger partial charge in [0.05, 0.1) is 22.8 Å². The highest BCUT2D eigenvalue weighted by Gasteiger charge is 2.26. The minimum absolute atomic E-state index is 0.0502. The Labute approximate surface area is 177 Å². The van der Waals surface area contributed by atoms with Crippen LogP contribution in [0.3, 0.4) is 0 Å². The summed E-state index contributed by atoms with van der Waals surface area (Å²) in [6.45, 7) is 1.86. The minimum atomic E-state index is -0.679. The number of nitrogens with two attached hydrogens (primary N) is 1. The highest BCUT2D eigenvalue weighted by Crippen LogP contribution is 2.34. The summed E-state index contributed by atoms with van der Waals surface area (Å²) < 4.78 is 11.4. The van der Waals surface area contributed by atoms with Crippen molar-refractivity contribution in [2.75, 3.05) is 37.6 Å². The van der Waals surface area contributed by atoms with Crippen molar-refractivity contribution in [1.29, 1.82) is 0 Å². The van der Waals surface area contributed by atoms with E-state index in [1.54, 1.807) is 6.92 Å². The van der Waals surface area contributed by atoms with Crippen LogP contribution in [0.15, 0.2) is 8.68 Å². The van der Waals surface area contributed by atoms with Gasteiger partial charge in [-0.25, -0.2) is 4.79 Å². The van der Waals surface area contributed by atoms with Gasteiger partial charge < -0.3 is 20.5 Å². The molecule has 28 heavy (non-hydrogen) atoms. The average Bonchev–Trinajstić information content (AvgIpc) is 3.24. The summed E-state index contributed by atoms with van der Waals surface area (Å²) >= 11 is 5.04. The molecule has 2 aromatic rings. The SMILES string of the molecule is COCCOC(=O)c1c(NC(=O)CSc2nnc(SC)s2)sc(C(N)=O)c1C. The predicted molar refractivity (Wildman–Crippen MR) is 111 cm³/mol. The van der Waals surface area contributed by atoms with Crippen LogP contribution in [-0.2, 0) is 14.3 Å². The van der Waals surface area contributed by atoms with Crippen LogP contribution in [0.2, 0.25) is 0 Å². The van der Waals surface area contributed by atoms with Gasteiger partial charge in [-0.3, -0.25) is 9.59 Å². The van der Waals surface area contributed by atoms with Crippen molar-refractivity contribution in [3.63, 3.8) is 0 Å². The highest BCUT2D eigenvalue weighted by molar-refractivity contribution is 8.03. The lowest BCUT2D eigenvalue weighted by molar-refractivity contribution is -0.113. The molecule has 0 spiro atoms. The number of hydrogen-bond acceptors (Lipinski definition) is 11. The molecule has 9 nitrogen and oxygen atoms in total. The second-order valence-electron chi connectivity index (χ2n) is 5.13. The van der Waals surface area contributed by atoms with Crippen LogP contribution in [0.1, 0.15) is 25.6 Å². The largest absolute Gasteiger partial charge is 0.460 e. The van der Waals surface area contributed by atoms with Gasteiger partial charge in [0, 0.05) is 7.11 Å². The van der Waals surface area contributed by atoms with Crippen molar-refractivity contribution in [3.8, 4) is 0 Å². The smallest absolute Gasteiger partial charge is 0.341 e. The molecule has 0 unspecified atom stereocenters. The number of nitrogens with one attached hydrogen (secondary N) is 1. The van der Waals surface area contributed by atoms with Crippen molar-refractivity contribution in [1.82, 2.24) is 10.2 Å². The Balaban J connectivity index is 2.11. The number of carbonyl (C=O) groups is 3. The Kier molecular flexibility index (Phi) is 8.69. The number of thioether (sulfide) groups is 2. The quantitative estimate of drug-likeness (QED) is 0.310. The number of aromatic nitrogens is 2. The monoisotopic (exact) mass is 462 g/mol. The number of esters is 1. The topological polar surface area (TPSA) is 134 Å². The summed E-state index contributed by atoms with van der Waals surface area (Å²) in [5.74, 6) is -1.62. The Morgan fingerprint density at radius 3 is 2.50 bits per heavy atom. The Bertz CT molecular complexity index is 867. The molecule has 0 saturated carbocycles. The number of rotatable bonds is 10. The van der Waals surface area contributed by atoms with Crippen LogP contribution in [0.5, 0.6) is 0 Å². The summed E-state index contributed by atoms with van der Waals surface area (Å²) in [6.07, 6.45) is 1.89. The maximum absolute atomic E-state index is 12.4. The lowest BCUT2D eigenvalue weighted by Crippen LogP contribution is -2.17. The number of amides is 2. The second kappa shape index (κ2) is 10.8. The molecule has 13 heteroatoms. The Morgan fingerprint density at radius 2 is 1.89 bits per heavy atom. The van der Waals surface area contributed by atoms with Crippen molar-refractivity contribution in [2.24, 2.45) is 5.73 Å². The van der Waals surface area contributed by atoms with Crippen molar-refractivity contribution >= 4 is 69.0 Å². The summed E-state index contributed by atoms with van der Waals surface area (Å²) in [6, 6.07) is 0. The highest BCUT2D eigenvalue weighted by atomic mass is 32.2. The van der Waals surface area contributed by atoms with Gasteiger partial charge in [0.2, 0.25) is 5.91 Å². The first kappa shape index (κ1) is 22.6. The normalized spacial score (nSPS) is 10.7. The summed E-state index contributed by atoms with van der Waals surface area (Å²) in [5.41, 5.74) is 5.86. The van der Waals surface area contributed by atoms with Gasteiger partial charge in [0.15, 0.2) is 8.68 Å². The first-order valence-electron chi connectivity index (χ1n) is 7.76. The molecule has 0 saturated heterocycles. The molecular formula is C15H18N4O5S4. The number of nitrogens with zero attached hydrogens (tertiary/aromatic N) is 2. The van der Waals surface area contributed by atoms with Crippen molar-refractivity contribution < 1.29 is 23.9 Å². The zero-order chi connectivity index (χ0) is 20.7. The molecule has 0 aliphatic heterocycles. The van der Waals surface area contributed by atoms with E-state index < -0.39 is 11.9 Å². The molecule has 3 N–H and O–H groups in total. The molecule has 152 valence electrons. The molecule has 2 aromatic heterocycles. The third kappa shape index (κ3) is 5.91. The third-order valence-corrected chi connectivity index (χ3v) is 7.49. The first-order chi connectivity index (χ1) is 13.4. The summed E-state index contributed by atoms with van der Waals surface area (Å²) in [5, 5.41) is 10.8. The first-order valence-corrected chi connectivity index (χ1v) is 11.6. The maximum atomic E-state index is 12.4. The van der Waals surface area contributed by atoms with Crippen LogP contribution in [-0.4, -0.2) is 60.3 Å². The molecule has 0 aliphatic rings. The number of methoxy groups -OCH3 is 1. The van der Waals surface area contributed by atoms with E-state index in [9.17, 15) is 14.4 Å². The van der Waals surface area contributed by atoms with Crippen molar-refractivity contribution in [2.45, 2.75) is 15.6 Å². The van der Waals surface area contributed by atoms with E-state index in [0.29, 0.717) is 9.90 Å². The van der Waals surface area contributed by atoms with E-state index in [0.717, 1.165) is 15.7 Å². The minimum Gasteiger partial charge on any atom is -0.460 e. The molecule has 0 fully saturated rings. The maximum Gasteiger partial charge on any atom is 0.341 e. The number of primary amides is 1. The summed E-state index contributed by atoms with van der Waals surface area (Å²) in [4.78, 5) is 36.5. The van der Waals surface area contributed by atoms with Crippen LogP contribution >= 0.6 is 46.2 Å². The Hall–Kier alpha value is -1.67. The fourth-order valence-corrected chi connectivity index (χ4v) is 5.30. The number of anilines is 1. The molecule has 0 atom stereocenters. The van der Waals surface area contributed by atoms with E-state index in [1.165, 1.54) is 42.0 Å². The summed E-state index contributed by atoms with van der Waals surface area (Å²) in [7, 11) is 1.48. The molecule has 0 bridgehead atoms. The number of thiophene rings is 1. The standard InChI is InChI=1S/C15H18N4O5S4/c1-7-9(13(22)24-5-4-23-2)12(27-10(7)11(16)21)17-8(20)6-26-15-19-18-14(25-3)28-15/h4-6H2,1-3H3,(H2,16,21)(H,17,20). The molecule has 0 aromatic carbocycles. The van der Waals surface area contributed by atoms with E-state index in [1.807, 2.05) is 6.26 Å². The van der Waals surface area contributed by atoms with Gasteiger partial charge >= 0.3 is 5.97 Å². The van der Waals surface area contributed by atoms with Crippen LogP contribution in [0.25, 0.3) is 0 Å².